The molecular formula is C24H32F4O2. The summed E-state index contributed by atoms with van der Waals surface area (Å²) in [5, 5.41) is 0. The lowest BCUT2D eigenvalue weighted by Crippen LogP contribution is -2.30. The summed E-state index contributed by atoms with van der Waals surface area (Å²) in [6, 6.07) is 2.30. The number of rotatable bonds is 7. The molecule has 6 heteroatoms. The van der Waals surface area contributed by atoms with Crippen LogP contribution in [0.2, 0.25) is 0 Å². The third-order valence-corrected chi connectivity index (χ3v) is 6.44. The minimum Gasteiger partial charge on any atom is -0.379 e. The Bertz CT molecular complexity index is 718. The van der Waals surface area contributed by atoms with E-state index in [1.54, 1.807) is 0 Å². The Labute approximate surface area is 176 Å². The van der Waals surface area contributed by atoms with Gasteiger partial charge in [0.15, 0.2) is 11.6 Å². The number of ether oxygens (including phenoxy) is 2. The van der Waals surface area contributed by atoms with E-state index < -0.39 is 29.4 Å². The summed E-state index contributed by atoms with van der Waals surface area (Å²) in [5.74, 6) is -2.48. The zero-order chi connectivity index (χ0) is 21.7. The molecule has 0 unspecified atom stereocenters. The summed E-state index contributed by atoms with van der Waals surface area (Å²) in [6.07, 6.45) is 4.97. The van der Waals surface area contributed by atoms with Crippen molar-refractivity contribution in [2.45, 2.75) is 89.4 Å². The Morgan fingerprint density at radius 1 is 0.933 bits per heavy atom. The standard InChI is InChI=1S/C24H32F4O2/c1-3-5-16-6-10-19(11-7-16)30-24(27,28)21-15-14-20(22(25)23(21)26)17-8-12-18(13-9-17)29-4-2/h3,5,14-19H,4,6-13H2,1-2H3/b5-3+. The molecule has 3 rings (SSSR count). The van der Waals surface area contributed by atoms with Crippen LogP contribution in [0.25, 0.3) is 0 Å². The van der Waals surface area contributed by atoms with Gasteiger partial charge >= 0.3 is 6.11 Å². The van der Waals surface area contributed by atoms with E-state index in [9.17, 15) is 17.6 Å². The van der Waals surface area contributed by atoms with E-state index in [1.165, 1.54) is 6.07 Å². The monoisotopic (exact) mass is 428 g/mol. The molecule has 0 radical (unpaired) electrons. The summed E-state index contributed by atoms with van der Waals surface area (Å²) in [7, 11) is 0. The molecule has 30 heavy (non-hydrogen) atoms. The molecular weight excluding hydrogens is 396 g/mol. The van der Waals surface area contributed by atoms with Crippen LogP contribution in [0.4, 0.5) is 17.6 Å². The fourth-order valence-electron chi connectivity index (χ4n) is 4.82. The summed E-state index contributed by atoms with van der Waals surface area (Å²) in [5.41, 5.74) is -0.837. The SMILES string of the molecule is C/C=C/C1CCC(OC(F)(F)c2ccc(C3CCC(OCC)CC3)c(F)c2F)CC1. The van der Waals surface area contributed by atoms with Crippen LogP contribution in [-0.4, -0.2) is 18.8 Å². The van der Waals surface area contributed by atoms with Crippen molar-refractivity contribution >= 4 is 0 Å². The second kappa shape index (κ2) is 10.3. The molecule has 0 heterocycles. The molecule has 0 aromatic heterocycles. The van der Waals surface area contributed by atoms with Crippen LogP contribution in [0.15, 0.2) is 24.3 Å². The molecule has 0 amide bonds. The van der Waals surface area contributed by atoms with E-state index in [0.717, 1.165) is 31.7 Å². The Balaban J connectivity index is 1.67. The smallest absolute Gasteiger partial charge is 0.379 e. The van der Waals surface area contributed by atoms with Crippen LogP contribution in [0.5, 0.6) is 0 Å². The highest BCUT2D eigenvalue weighted by Crippen LogP contribution is 2.41. The van der Waals surface area contributed by atoms with Gasteiger partial charge in [0.2, 0.25) is 0 Å². The second-order valence-electron chi connectivity index (χ2n) is 8.46. The van der Waals surface area contributed by atoms with E-state index in [-0.39, 0.29) is 17.6 Å². The van der Waals surface area contributed by atoms with Crippen LogP contribution in [-0.2, 0) is 15.6 Å². The highest BCUT2D eigenvalue weighted by atomic mass is 19.3. The zero-order valence-corrected chi connectivity index (χ0v) is 17.8. The van der Waals surface area contributed by atoms with Gasteiger partial charge in [-0.15, -0.1) is 0 Å². The Kier molecular flexibility index (Phi) is 7.97. The van der Waals surface area contributed by atoms with E-state index in [0.29, 0.717) is 38.2 Å². The molecule has 1 aromatic rings. The first-order valence-electron chi connectivity index (χ1n) is 11.1. The molecule has 2 saturated carbocycles. The average Bonchev–Trinajstić information content (AvgIpc) is 2.72. The molecule has 0 saturated heterocycles. The van der Waals surface area contributed by atoms with Crippen molar-refractivity contribution in [2.75, 3.05) is 6.61 Å². The molecule has 0 N–H and O–H groups in total. The van der Waals surface area contributed by atoms with Crippen molar-refractivity contribution in [1.82, 2.24) is 0 Å². The van der Waals surface area contributed by atoms with E-state index >= 15 is 0 Å². The minimum atomic E-state index is -3.85. The number of hydrogen-bond acceptors (Lipinski definition) is 2. The first-order chi connectivity index (χ1) is 14.4. The maximum atomic E-state index is 14.7. The van der Waals surface area contributed by atoms with Crippen molar-refractivity contribution in [2.24, 2.45) is 5.92 Å². The number of halogens is 4. The third-order valence-electron chi connectivity index (χ3n) is 6.44. The summed E-state index contributed by atoms with van der Waals surface area (Å²) in [4.78, 5) is 0. The predicted octanol–water partition coefficient (Wildman–Crippen LogP) is 7.23. The molecule has 1 aromatic carbocycles. The first-order valence-corrected chi connectivity index (χ1v) is 11.1. The van der Waals surface area contributed by atoms with Crippen molar-refractivity contribution < 1.29 is 27.0 Å². The molecule has 168 valence electrons. The molecule has 2 nitrogen and oxygen atoms in total. The van der Waals surface area contributed by atoms with Crippen molar-refractivity contribution in [3.63, 3.8) is 0 Å². The van der Waals surface area contributed by atoms with E-state index in [2.05, 4.69) is 6.08 Å². The average molecular weight is 429 g/mol. The summed E-state index contributed by atoms with van der Waals surface area (Å²) in [6.45, 7) is 4.48. The molecule has 0 aliphatic heterocycles. The quantitative estimate of drug-likeness (QED) is 0.337. The van der Waals surface area contributed by atoms with E-state index in [1.807, 2.05) is 19.9 Å². The fraction of sp³-hybridized carbons (Fsp3) is 0.667. The van der Waals surface area contributed by atoms with E-state index in [4.69, 9.17) is 9.47 Å². The van der Waals surface area contributed by atoms with Gasteiger partial charge in [-0.05, 0) is 88.7 Å². The first kappa shape index (κ1) is 23.3. The molecule has 0 bridgehead atoms. The third kappa shape index (κ3) is 5.44. The van der Waals surface area contributed by atoms with Gasteiger partial charge in [-0.25, -0.2) is 8.78 Å². The number of benzene rings is 1. The van der Waals surface area contributed by atoms with Crippen LogP contribution >= 0.6 is 0 Å². The van der Waals surface area contributed by atoms with Gasteiger partial charge in [0.05, 0.1) is 17.8 Å². The normalized spacial score (nSPS) is 28.2. The fourth-order valence-corrected chi connectivity index (χ4v) is 4.82. The van der Waals surface area contributed by atoms with Gasteiger partial charge in [0, 0.05) is 6.61 Å². The summed E-state index contributed by atoms with van der Waals surface area (Å²) < 4.78 is 69.3. The Hall–Kier alpha value is -1.40. The van der Waals surface area contributed by atoms with Gasteiger partial charge in [0.1, 0.15) is 0 Å². The molecule has 2 aliphatic rings. The lowest BCUT2D eigenvalue weighted by molar-refractivity contribution is -0.279. The highest BCUT2D eigenvalue weighted by molar-refractivity contribution is 5.31. The highest BCUT2D eigenvalue weighted by Gasteiger charge is 2.41. The Morgan fingerprint density at radius 2 is 1.57 bits per heavy atom. The number of alkyl halides is 2. The minimum absolute atomic E-state index is 0.138. The van der Waals surface area contributed by atoms with Crippen LogP contribution < -0.4 is 0 Å². The molecule has 2 fully saturated rings. The second-order valence-corrected chi connectivity index (χ2v) is 8.46. The molecule has 0 spiro atoms. The van der Waals surface area contributed by atoms with Gasteiger partial charge in [-0.1, -0.05) is 18.2 Å². The van der Waals surface area contributed by atoms with Gasteiger partial charge in [0.25, 0.3) is 0 Å². The topological polar surface area (TPSA) is 18.5 Å². The van der Waals surface area contributed by atoms with Gasteiger partial charge < -0.3 is 9.47 Å². The largest absolute Gasteiger partial charge is 0.386 e. The van der Waals surface area contributed by atoms with Crippen LogP contribution in [0.1, 0.15) is 82.3 Å². The predicted molar refractivity (Wildman–Crippen MR) is 109 cm³/mol. The lowest BCUT2D eigenvalue weighted by Gasteiger charge is -2.31. The lowest BCUT2D eigenvalue weighted by atomic mass is 9.82. The van der Waals surface area contributed by atoms with Crippen molar-refractivity contribution in [3.8, 4) is 0 Å². The summed E-state index contributed by atoms with van der Waals surface area (Å²) >= 11 is 0. The van der Waals surface area contributed by atoms with Crippen molar-refractivity contribution in [1.29, 1.82) is 0 Å². The molecule has 0 atom stereocenters. The number of allylic oxidation sites excluding steroid dienone is 2. The van der Waals surface area contributed by atoms with Crippen LogP contribution in [0.3, 0.4) is 0 Å². The Morgan fingerprint density at radius 3 is 2.17 bits per heavy atom. The maximum Gasteiger partial charge on any atom is 0.386 e. The number of hydrogen-bond donors (Lipinski definition) is 0. The van der Waals surface area contributed by atoms with Crippen LogP contribution in [0, 0.1) is 17.6 Å². The van der Waals surface area contributed by atoms with Gasteiger partial charge in [-0.2, -0.15) is 8.78 Å². The molecule has 2 aliphatic carbocycles. The maximum absolute atomic E-state index is 14.7. The van der Waals surface area contributed by atoms with Crippen molar-refractivity contribution in [3.05, 3.63) is 47.0 Å². The van der Waals surface area contributed by atoms with Gasteiger partial charge in [-0.3, -0.25) is 0 Å². The zero-order valence-electron chi connectivity index (χ0n) is 17.8.